The Morgan fingerprint density at radius 2 is 1.61 bits per heavy atom. The average Bonchev–Trinajstić information content (AvgIpc) is 2.30. The molecule has 23 heavy (non-hydrogen) atoms. The standard InChI is InChI=1S/C17H34N2O4/c1-11(2)9-12(14(21)16(3,4)5)19-13(20)10-18-15(22)23-17(6,7)8/h11-12,14,21H,9-10H2,1-8H3,(H,18,22)(H,19,20)/t12-,14?/m0/s1. The van der Waals surface area contributed by atoms with Gasteiger partial charge in [0.2, 0.25) is 5.91 Å². The molecule has 0 heterocycles. The Hall–Kier alpha value is -1.30. The third-order valence-electron chi connectivity index (χ3n) is 3.13. The second kappa shape index (κ2) is 8.52. The molecular weight excluding hydrogens is 296 g/mol. The van der Waals surface area contributed by atoms with Crippen molar-refractivity contribution in [3.63, 3.8) is 0 Å². The van der Waals surface area contributed by atoms with E-state index in [4.69, 9.17) is 4.74 Å². The van der Waals surface area contributed by atoms with Crippen molar-refractivity contribution in [1.29, 1.82) is 0 Å². The van der Waals surface area contributed by atoms with Gasteiger partial charge in [-0.15, -0.1) is 0 Å². The first kappa shape index (κ1) is 21.7. The molecule has 2 atom stereocenters. The van der Waals surface area contributed by atoms with Gasteiger partial charge in [0.1, 0.15) is 12.1 Å². The average molecular weight is 330 g/mol. The van der Waals surface area contributed by atoms with Crippen molar-refractivity contribution < 1.29 is 19.4 Å². The Balaban J connectivity index is 4.58. The maximum atomic E-state index is 12.0. The lowest BCUT2D eigenvalue weighted by atomic mass is 9.82. The van der Waals surface area contributed by atoms with Crippen molar-refractivity contribution in [3.05, 3.63) is 0 Å². The van der Waals surface area contributed by atoms with E-state index in [1.165, 1.54) is 0 Å². The Labute approximate surface area is 140 Å². The molecule has 6 heteroatoms. The van der Waals surface area contributed by atoms with Gasteiger partial charge >= 0.3 is 6.09 Å². The highest BCUT2D eigenvalue weighted by molar-refractivity contribution is 5.82. The number of alkyl carbamates (subject to hydrolysis) is 1. The summed E-state index contributed by atoms with van der Waals surface area (Å²) in [5, 5.41) is 15.7. The summed E-state index contributed by atoms with van der Waals surface area (Å²) in [5.74, 6) is -0.0130. The lowest BCUT2D eigenvalue weighted by Crippen LogP contribution is -2.51. The first-order valence-electron chi connectivity index (χ1n) is 8.16. The van der Waals surface area contributed by atoms with Crippen LogP contribution in [0, 0.1) is 11.3 Å². The van der Waals surface area contributed by atoms with Crippen LogP contribution in [0.3, 0.4) is 0 Å². The van der Waals surface area contributed by atoms with Crippen molar-refractivity contribution >= 4 is 12.0 Å². The van der Waals surface area contributed by atoms with E-state index in [1.807, 2.05) is 34.6 Å². The van der Waals surface area contributed by atoms with Gasteiger partial charge in [-0.05, 0) is 38.5 Å². The topological polar surface area (TPSA) is 87.7 Å². The second-order valence-electron chi connectivity index (χ2n) is 8.47. The number of hydrogen-bond acceptors (Lipinski definition) is 4. The number of ether oxygens (including phenoxy) is 1. The minimum absolute atomic E-state index is 0.180. The van der Waals surface area contributed by atoms with Crippen LogP contribution in [-0.2, 0) is 9.53 Å². The van der Waals surface area contributed by atoms with Crippen molar-refractivity contribution in [3.8, 4) is 0 Å². The zero-order valence-electron chi connectivity index (χ0n) is 15.8. The Bertz CT molecular complexity index is 394. The predicted octanol–water partition coefficient (Wildman–Crippen LogP) is 2.45. The molecule has 0 bridgehead atoms. The summed E-state index contributed by atoms with van der Waals surface area (Å²) < 4.78 is 5.08. The van der Waals surface area contributed by atoms with E-state index >= 15 is 0 Å². The highest BCUT2D eigenvalue weighted by Gasteiger charge is 2.32. The van der Waals surface area contributed by atoms with E-state index in [-0.39, 0.29) is 23.9 Å². The molecule has 0 radical (unpaired) electrons. The fourth-order valence-electron chi connectivity index (χ4n) is 2.10. The molecule has 3 N–H and O–H groups in total. The number of hydrogen-bond donors (Lipinski definition) is 3. The van der Waals surface area contributed by atoms with E-state index in [9.17, 15) is 14.7 Å². The molecular formula is C17H34N2O4. The summed E-state index contributed by atoms with van der Waals surface area (Å²) >= 11 is 0. The molecule has 136 valence electrons. The molecule has 0 spiro atoms. The number of carbonyl (C=O) groups is 2. The van der Waals surface area contributed by atoms with Gasteiger partial charge in [-0.1, -0.05) is 34.6 Å². The summed E-state index contributed by atoms with van der Waals surface area (Å²) in [7, 11) is 0. The highest BCUT2D eigenvalue weighted by atomic mass is 16.6. The number of aliphatic hydroxyl groups is 1. The maximum Gasteiger partial charge on any atom is 0.408 e. The van der Waals surface area contributed by atoms with E-state index in [0.29, 0.717) is 12.3 Å². The van der Waals surface area contributed by atoms with Crippen molar-refractivity contribution in [2.45, 2.75) is 79.6 Å². The van der Waals surface area contributed by atoms with Gasteiger partial charge in [-0.25, -0.2) is 4.79 Å². The number of carbonyl (C=O) groups excluding carboxylic acids is 2. The summed E-state index contributed by atoms with van der Waals surface area (Å²) in [4.78, 5) is 23.6. The monoisotopic (exact) mass is 330 g/mol. The first-order chi connectivity index (χ1) is 10.2. The van der Waals surface area contributed by atoms with Gasteiger partial charge in [0.15, 0.2) is 0 Å². The van der Waals surface area contributed by atoms with Crippen LogP contribution in [-0.4, -0.2) is 41.4 Å². The van der Waals surface area contributed by atoms with E-state index in [1.54, 1.807) is 20.8 Å². The van der Waals surface area contributed by atoms with Gasteiger partial charge < -0.3 is 20.5 Å². The molecule has 0 aromatic heterocycles. The quantitative estimate of drug-likeness (QED) is 0.698. The van der Waals surface area contributed by atoms with Crippen LogP contribution >= 0.6 is 0 Å². The molecule has 0 fully saturated rings. The van der Waals surface area contributed by atoms with Crippen molar-refractivity contribution in [2.24, 2.45) is 11.3 Å². The molecule has 2 amide bonds. The predicted molar refractivity (Wildman–Crippen MR) is 91.1 cm³/mol. The van der Waals surface area contributed by atoms with Crippen LogP contribution in [0.25, 0.3) is 0 Å². The number of rotatable bonds is 6. The highest BCUT2D eigenvalue weighted by Crippen LogP contribution is 2.24. The van der Waals surface area contributed by atoms with E-state index < -0.39 is 17.8 Å². The molecule has 0 saturated carbocycles. The third-order valence-corrected chi connectivity index (χ3v) is 3.13. The molecule has 0 aromatic carbocycles. The fourth-order valence-corrected chi connectivity index (χ4v) is 2.10. The van der Waals surface area contributed by atoms with Gasteiger partial charge in [-0.3, -0.25) is 4.79 Å². The molecule has 0 aromatic rings. The van der Waals surface area contributed by atoms with Crippen molar-refractivity contribution in [2.75, 3.05) is 6.54 Å². The SMILES string of the molecule is CC(C)C[C@H](NC(=O)CNC(=O)OC(C)(C)C)C(O)C(C)(C)C. The Kier molecular flexibility index (Phi) is 8.04. The Morgan fingerprint density at radius 1 is 1.09 bits per heavy atom. The van der Waals surface area contributed by atoms with E-state index in [2.05, 4.69) is 10.6 Å². The summed E-state index contributed by atoms with van der Waals surface area (Å²) in [5.41, 5.74) is -0.950. The minimum atomic E-state index is -0.671. The minimum Gasteiger partial charge on any atom is -0.444 e. The molecule has 0 aliphatic rings. The Morgan fingerprint density at radius 3 is 2.00 bits per heavy atom. The van der Waals surface area contributed by atoms with Crippen molar-refractivity contribution in [1.82, 2.24) is 10.6 Å². The van der Waals surface area contributed by atoms with Gasteiger partial charge in [-0.2, -0.15) is 0 Å². The molecule has 0 aliphatic heterocycles. The van der Waals surface area contributed by atoms with Gasteiger partial charge in [0.05, 0.1) is 12.1 Å². The summed E-state index contributed by atoms with van der Waals surface area (Å²) in [6.45, 7) is 14.9. The van der Waals surface area contributed by atoms with Crippen LogP contribution in [0.15, 0.2) is 0 Å². The third kappa shape index (κ3) is 10.2. The molecule has 0 saturated heterocycles. The van der Waals surface area contributed by atoms with Gasteiger partial charge in [0, 0.05) is 0 Å². The van der Waals surface area contributed by atoms with Crippen LogP contribution in [0.4, 0.5) is 4.79 Å². The largest absolute Gasteiger partial charge is 0.444 e. The van der Waals surface area contributed by atoms with Crippen LogP contribution in [0.2, 0.25) is 0 Å². The zero-order chi connectivity index (χ0) is 18.4. The van der Waals surface area contributed by atoms with Crippen LogP contribution in [0.1, 0.15) is 61.8 Å². The normalized spacial score (nSPS) is 15.0. The smallest absolute Gasteiger partial charge is 0.408 e. The lowest BCUT2D eigenvalue weighted by Gasteiger charge is -2.34. The van der Waals surface area contributed by atoms with Crippen LogP contribution < -0.4 is 10.6 Å². The molecule has 0 aliphatic carbocycles. The molecule has 1 unspecified atom stereocenters. The fraction of sp³-hybridized carbons (Fsp3) is 0.882. The summed E-state index contributed by atoms with van der Waals surface area (Å²) in [6, 6.07) is -0.358. The first-order valence-corrected chi connectivity index (χ1v) is 8.16. The zero-order valence-corrected chi connectivity index (χ0v) is 15.8. The maximum absolute atomic E-state index is 12.0. The van der Waals surface area contributed by atoms with Gasteiger partial charge in [0.25, 0.3) is 0 Å². The molecule has 0 rings (SSSR count). The number of amides is 2. The number of aliphatic hydroxyl groups excluding tert-OH is 1. The number of nitrogens with one attached hydrogen (secondary N) is 2. The summed E-state index contributed by atoms with van der Waals surface area (Å²) in [6.07, 6.45) is -0.642. The second-order valence-corrected chi connectivity index (χ2v) is 8.47. The lowest BCUT2D eigenvalue weighted by molar-refractivity contribution is -0.122. The molecule has 6 nitrogen and oxygen atoms in total. The van der Waals surface area contributed by atoms with E-state index in [0.717, 1.165) is 0 Å². The van der Waals surface area contributed by atoms with Crippen LogP contribution in [0.5, 0.6) is 0 Å².